The minimum absolute atomic E-state index is 0.0381. The minimum atomic E-state index is -0.520. The second kappa shape index (κ2) is 8.87. The van der Waals surface area contributed by atoms with Gasteiger partial charge in [-0.05, 0) is 31.2 Å². The number of terminal acetylenes is 1. The minimum Gasteiger partial charge on any atom is -0.331 e. The van der Waals surface area contributed by atoms with Gasteiger partial charge in [0.15, 0.2) is 5.69 Å². The highest BCUT2D eigenvalue weighted by atomic mass is 16.6. The van der Waals surface area contributed by atoms with Crippen LogP contribution in [-0.2, 0) is 4.79 Å². The lowest BCUT2D eigenvalue weighted by atomic mass is 10.2. The predicted octanol–water partition coefficient (Wildman–Crippen LogP) is 2.18. The predicted molar refractivity (Wildman–Crippen MR) is 113 cm³/mol. The number of amides is 2. The molecule has 0 atom stereocenters. The first kappa shape index (κ1) is 21.2. The van der Waals surface area contributed by atoms with E-state index in [0.717, 1.165) is 0 Å². The number of anilines is 1. The first-order valence-electron chi connectivity index (χ1n) is 9.09. The van der Waals surface area contributed by atoms with Crippen molar-refractivity contribution in [3.05, 3.63) is 75.6 Å². The third-order valence-electron chi connectivity index (χ3n) is 4.42. The average Bonchev–Trinajstić information content (AvgIpc) is 3.14. The molecule has 1 N–H and O–H groups in total. The Morgan fingerprint density at radius 3 is 2.71 bits per heavy atom. The summed E-state index contributed by atoms with van der Waals surface area (Å²) in [6.07, 6.45) is 5.35. The Kier molecular flexibility index (Phi) is 6.07. The molecule has 0 aliphatic carbocycles. The van der Waals surface area contributed by atoms with E-state index < -0.39 is 16.7 Å². The summed E-state index contributed by atoms with van der Waals surface area (Å²) in [7, 11) is 1.46. The molecule has 3 rings (SSSR count). The molecule has 2 aromatic carbocycles. The quantitative estimate of drug-likeness (QED) is 0.372. The Labute approximate surface area is 177 Å². The van der Waals surface area contributed by atoms with E-state index in [9.17, 15) is 19.7 Å². The van der Waals surface area contributed by atoms with Crippen molar-refractivity contribution >= 4 is 23.2 Å². The zero-order chi connectivity index (χ0) is 22.5. The molecular weight excluding hydrogens is 400 g/mol. The number of carbonyl (C=O) groups excluding carboxylic acids is 2. The van der Waals surface area contributed by atoms with E-state index in [1.54, 1.807) is 37.3 Å². The Morgan fingerprint density at radius 2 is 2.00 bits per heavy atom. The first-order chi connectivity index (χ1) is 14.8. The van der Waals surface area contributed by atoms with Crippen LogP contribution in [-0.4, -0.2) is 50.2 Å². The maximum atomic E-state index is 12.8. The van der Waals surface area contributed by atoms with Gasteiger partial charge in [0.05, 0.1) is 22.8 Å². The van der Waals surface area contributed by atoms with Crippen molar-refractivity contribution in [2.24, 2.45) is 0 Å². The van der Waals surface area contributed by atoms with Crippen LogP contribution in [0.5, 0.6) is 0 Å². The number of rotatable bonds is 6. The zero-order valence-electron chi connectivity index (χ0n) is 16.8. The van der Waals surface area contributed by atoms with Crippen LogP contribution in [0.15, 0.2) is 48.5 Å². The summed E-state index contributed by atoms with van der Waals surface area (Å²) in [6.45, 7) is 1.40. The van der Waals surface area contributed by atoms with Gasteiger partial charge in [-0.2, -0.15) is 0 Å². The molecule has 1 aromatic heterocycles. The van der Waals surface area contributed by atoms with Crippen molar-refractivity contribution in [3.63, 3.8) is 0 Å². The Bertz CT molecular complexity index is 1210. The highest BCUT2D eigenvalue weighted by molar-refractivity contribution is 5.98. The average molecular weight is 418 g/mol. The van der Waals surface area contributed by atoms with Gasteiger partial charge in [0, 0.05) is 30.4 Å². The van der Waals surface area contributed by atoms with Crippen LogP contribution in [0.4, 0.5) is 11.4 Å². The fourth-order valence-corrected chi connectivity index (χ4v) is 2.87. The molecule has 0 fully saturated rings. The van der Waals surface area contributed by atoms with Gasteiger partial charge in [0.1, 0.15) is 0 Å². The van der Waals surface area contributed by atoms with Gasteiger partial charge in [-0.15, -0.1) is 11.5 Å². The van der Waals surface area contributed by atoms with E-state index in [4.69, 9.17) is 6.42 Å². The molecule has 3 aromatic rings. The number of nitrogens with one attached hydrogen (secondary N) is 1. The third kappa shape index (κ3) is 4.73. The van der Waals surface area contributed by atoms with Crippen molar-refractivity contribution in [2.45, 2.75) is 6.92 Å². The number of benzene rings is 2. The lowest BCUT2D eigenvalue weighted by molar-refractivity contribution is -0.384. The molecule has 0 aliphatic rings. The van der Waals surface area contributed by atoms with Crippen LogP contribution in [0.1, 0.15) is 21.7 Å². The van der Waals surface area contributed by atoms with E-state index in [-0.39, 0.29) is 17.9 Å². The smallest absolute Gasteiger partial charge is 0.276 e. The normalized spacial score (nSPS) is 10.2. The highest BCUT2D eigenvalue weighted by Gasteiger charge is 2.23. The number of likely N-dealkylation sites (N-methyl/N-ethyl adjacent to an activating group) is 1. The molecule has 1 heterocycles. The number of nitrogens with zero attached hydrogens (tertiary/aromatic N) is 5. The van der Waals surface area contributed by atoms with Crippen LogP contribution in [0.2, 0.25) is 0 Å². The molecule has 10 heteroatoms. The highest BCUT2D eigenvalue weighted by Crippen LogP contribution is 2.19. The standard InChI is InChI=1S/C21H18N6O4/c1-4-15-7-5-8-16(11-15)22-19(28)13-25(3)21(29)20-14(2)26(24-23-20)17-9-6-10-18(12-17)27(30)31/h1,5-12H,13H2,2-3H3,(H,22,28). The van der Waals surface area contributed by atoms with Gasteiger partial charge in [-0.25, -0.2) is 4.68 Å². The summed E-state index contributed by atoms with van der Waals surface area (Å²) in [5.41, 5.74) is 1.86. The van der Waals surface area contributed by atoms with Crippen LogP contribution in [0.25, 0.3) is 5.69 Å². The number of non-ortho nitro benzene ring substituents is 1. The largest absolute Gasteiger partial charge is 0.331 e. The van der Waals surface area contributed by atoms with Gasteiger partial charge >= 0.3 is 0 Å². The summed E-state index contributed by atoms with van der Waals surface area (Å²) in [5, 5.41) is 21.5. The number of hydrogen-bond donors (Lipinski definition) is 1. The van der Waals surface area contributed by atoms with E-state index in [2.05, 4.69) is 21.5 Å². The molecule has 0 radical (unpaired) electrons. The van der Waals surface area contributed by atoms with Gasteiger partial charge in [0.25, 0.3) is 11.6 Å². The monoisotopic (exact) mass is 418 g/mol. The van der Waals surface area contributed by atoms with E-state index in [1.165, 1.54) is 34.8 Å². The van der Waals surface area contributed by atoms with Gasteiger partial charge in [0.2, 0.25) is 5.91 Å². The second-order valence-electron chi connectivity index (χ2n) is 6.65. The van der Waals surface area contributed by atoms with Crippen molar-refractivity contribution < 1.29 is 14.5 Å². The summed E-state index contributed by atoms with van der Waals surface area (Å²) < 4.78 is 1.33. The van der Waals surface area contributed by atoms with Crippen LogP contribution >= 0.6 is 0 Å². The SMILES string of the molecule is C#Cc1cccc(NC(=O)CN(C)C(=O)c2nnn(-c3cccc([N+](=O)[O-])c3)c2C)c1. The van der Waals surface area contributed by atoms with Crippen molar-refractivity contribution in [1.29, 1.82) is 0 Å². The molecule has 0 saturated heterocycles. The van der Waals surface area contributed by atoms with E-state index >= 15 is 0 Å². The fraction of sp³-hybridized carbons (Fsp3) is 0.143. The summed E-state index contributed by atoms with van der Waals surface area (Å²) in [4.78, 5) is 36.8. The first-order valence-corrected chi connectivity index (χ1v) is 9.09. The summed E-state index contributed by atoms with van der Waals surface area (Å²) in [5.74, 6) is 1.56. The fourth-order valence-electron chi connectivity index (χ4n) is 2.87. The van der Waals surface area contributed by atoms with Gasteiger partial charge in [-0.1, -0.05) is 23.3 Å². The lowest BCUT2D eigenvalue weighted by Crippen LogP contribution is -2.35. The Morgan fingerprint density at radius 1 is 1.26 bits per heavy atom. The van der Waals surface area contributed by atoms with Gasteiger partial charge < -0.3 is 10.2 Å². The number of aromatic nitrogens is 3. The van der Waals surface area contributed by atoms with Crippen molar-refractivity contribution in [3.8, 4) is 18.0 Å². The Hall–Kier alpha value is -4.52. The molecule has 2 amide bonds. The van der Waals surface area contributed by atoms with Gasteiger partial charge in [-0.3, -0.25) is 19.7 Å². The number of carbonyl (C=O) groups is 2. The molecule has 31 heavy (non-hydrogen) atoms. The number of hydrogen-bond acceptors (Lipinski definition) is 6. The molecule has 0 saturated carbocycles. The Balaban J connectivity index is 1.72. The zero-order valence-corrected chi connectivity index (χ0v) is 16.8. The van der Waals surface area contributed by atoms with Crippen LogP contribution in [0, 0.1) is 29.4 Å². The molecule has 156 valence electrons. The molecule has 0 aliphatic heterocycles. The van der Waals surface area contributed by atoms with E-state index in [0.29, 0.717) is 22.6 Å². The molecular formula is C21H18N6O4. The topological polar surface area (TPSA) is 123 Å². The summed E-state index contributed by atoms with van der Waals surface area (Å²) >= 11 is 0. The van der Waals surface area contributed by atoms with Crippen molar-refractivity contribution in [1.82, 2.24) is 19.9 Å². The number of nitro benzene ring substituents is 1. The molecule has 0 spiro atoms. The molecule has 0 bridgehead atoms. The molecule has 10 nitrogen and oxygen atoms in total. The second-order valence-corrected chi connectivity index (χ2v) is 6.65. The maximum absolute atomic E-state index is 12.8. The van der Waals surface area contributed by atoms with Crippen LogP contribution in [0.3, 0.4) is 0 Å². The van der Waals surface area contributed by atoms with E-state index in [1.807, 2.05) is 0 Å². The van der Waals surface area contributed by atoms with Crippen LogP contribution < -0.4 is 5.32 Å². The third-order valence-corrected chi connectivity index (χ3v) is 4.42. The molecule has 0 unspecified atom stereocenters. The van der Waals surface area contributed by atoms with Crippen molar-refractivity contribution in [2.75, 3.05) is 18.9 Å². The summed E-state index contributed by atoms with van der Waals surface area (Å²) in [6, 6.07) is 12.6. The number of nitro groups is 1. The lowest BCUT2D eigenvalue weighted by Gasteiger charge is -2.16. The maximum Gasteiger partial charge on any atom is 0.276 e.